The van der Waals surface area contributed by atoms with Gasteiger partial charge in [0.15, 0.2) is 0 Å². The summed E-state index contributed by atoms with van der Waals surface area (Å²) in [5.74, 6) is 0.279. The molecule has 2 aliphatic rings. The number of sulfonamides is 1. The topological polar surface area (TPSA) is 79.4 Å². The summed E-state index contributed by atoms with van der Waals surface area (Å²) < 4.78 is 26.3. The molecule has 6 nitrogen and oxygen atoms in total. The average molecular weight is 351 g/mol. The standard InChI is InChI=1S/C17H25N3O3S/c1-13(2)11-24(22,23)20-8-5-17(12-20)9-15(17)16(21)19-10-14-3-6-18-7-4-14/h3-4,6-7,13,15H,5,8-12H2,1-2H3,(H,19,21). The van der Waals surface area contributed by atoms with Gasteiger partial charge in [-0.25, -0.2) is 12.7 Å². The van der Waals surface area contributed by atoms with Gasteiger partial charge in [-0.05, 0) is 41.9 Å². The molecule has 1 amide bonds. The van der Waals surface area contributed by atoms with Crippen LogP contribution in [-0.4, -0.2) is 42.5 Å². The molecule has 0 bridgehead atoms. The number of nitrogens with zero attached hydrogens (tertiary/aromatic N) is 2. The molecule has 2 unspecified atom stereocenters. The summed E-state index contributed by atoms with van der Waals surface area (Å²) in [6.45, 7) is 5.35. The van der Waals surface area contributed by atoms with Crippen molar-refractivity contribution in [1.29, 1.82) is 0 Å². The average Bonchev–Trinajstić information content (AvgIpc) is 3.04. The molecular weight excluding hydrogens is 326 g/mol. The molecule has 1 N–H and O–H groups in total. The number of nitrogens with one attached hydrogen (secondary N) is 1. The molecule has 1 aromatic rings. The van der Waals surface area contributed by atoms with Gasteiger partial charge in [0.1, 0.15) is 0 Å². The summed E-state index contributed by atoms with van der Waals surface area (Å²) in [5, 5.41) is 2.96. The quantitative estimate of drug-likeness (QED) is 0.840. The van der Waals surface area contributed by atoms with E-state index in [0.29, 0.717) is 19.6 Å². The van der Waals surface area contributed by atoms with Gasteiger partial charge in [-0.1, -0.05) is 13.8 Å². The highest BCUT2D eigenvalue weighted by atomic mass is 32.2. The number of hydrogen-bond donors (Lipinski definition) is 1. The highest BCUT2D eigenvalue weighted by Crippen LogP contribution is 2.59. The van der Waals surface area contributed by atoms with Crippen LogP contribution in [0.25, 0.3) is 0 Å². The van der Waals surface area contributed by atoms with E-state index >= 15 is 0 Å². The minimum absolute atomic E-state index is 0.0370. The van der Waals surface area contributed by atoms with Crippen LogP contribution in [0, 0.1) is 17.3 Å². The highest BCUT2D eigenvalue weighted by Gasteiger charge is 2.61. The number of carbonyl (C=O) groups excluding carboxylic acids is 1. The van der Waals surface area contributed by atoms with Crippen LogP contribution < -0.4 is 5.32 Å². The zero-order chi connectivity index (χ0) is 17.4. The van der Waals surface area contributed by atoms with Crippen molar-refractivity contribution in [2.24, 2.45) is 17.3 Å². The zero-order valence-corrected chi connectivity index (χ0v) is 15.1. The molecule has 24 heavy (non-hydrogen) atoms. The predicted octanol–water partition coefficient (Wildman–Crippen LogP) is 1.40. The number of carbonyl (C=O) groups is 1. The molecule has 2 atom stereocenters. The zero-order valence-electron chi connectivity index (χ0n) is 14.2. The lowest BCUT2D eigenvalue weighted by Crippen LogP contribution is -2.33. The minimum Gasteiger partial charge on any atom is -0.352 e. The third-order valence-corrected chi connectivity index (χ3v) is 7.20. The molecule has 132 valence electrons. The Labute approximate surface area is 143 Å². The SMILES string of the molecule is CC(C)CS(=O)(=O)N1CCC2(CC2C(=O)NCc2ccncc2)C1. The lowest BCUT2D eigenvalue weighted by molar-refractivity contribution is -0.123. The first-order chi connectivity index (χ1) is 11.3. The predicted molar refractivity (Wildman–Crippen MR) is 91.4 cm³/mol. The summed E-state index contributed by atoms with van der Waals surface area (Å²) >= 11 is 0. The summed E-state index contributed by atoms with van der Waals surface area (Å²) in [6, 6.07) is 3.75. The van der Waals surface area contributed by atoms with E-state index in [2.05, 4.69) is 10.3 Å². The Kier molecular flexibility index (Phi) is 4.66. The van der Waals surface area contributed by atoms with E-state index in [1.54, 1.807) is 16.7 Å². The number of hydrogen-bond acceptors (Lipinski definition) is 4. The molecule has 2 heterocycles. The first-order valence-electron chi connectivity index (χ1n) is 8.47. The van der Waals surface area contributed by atoms with Crippen LogP contribution in [0.4, 0.5) is 0 Å². The van der Waals surface area contributed by atoms with Gasteiger partial charge >= 0.3 is 0 Å². The number of aromatic nitrogens is 1. The molecule has 1 aliphatic heterocycles. The first-order valence-corrected chi connectivity index (χ1v) is 10.1. The molecule has 1 aliphatic carbocycles. The second-order valence-corrected chi connectivity index (χ2v) is 9.46. The maximum absolute atomic E-state index is 12.4. The van der Waals surface area contributed by atoms with Crippen LogP contribution >= 0.6 is 0 Å². The Morgan fingerprint density at radius 2 is 2.12 bits per heavy atom. The summed E-state index contributed by atoms with van der Waals surface area (Å²) in [6.07, 6.45) is 4.99. The van der Waals surface area contributed by atoms with Crippen molar-refractivity contribution in [2.75, 3.05) is 18.8 Å². The Hall–Kier alpha value is -1.47. The molecule has 1 spiro atoms. The van der Waals surface area contributed by atoms with Crippen molar-refractivity contribution < 1.29 is 13.2 Å². The van der Waals surface area contributed by atoms with E-state index in [1.807, 2.05) is 26.0 Å². The second kappa shape index (κ2) is 6.44. The van der Waals surface area contributed by atoms with Crippen molar-refractivity contribution in [3.63, 3.8) is 0 Å². The molecule has 2 fully saturated rings. The lowest BCUT2D eigenvalue weighted by Gasteiger charge is -2.18. The van der Waals surface area contributed by atoms with Gasteiger partial charge in [-0.3, -0.25) is 9.78 Å². The van der Waals surface area contributed by atoms with Crippen LogP contribution in [0.15, 0.2) is 24.5 Å². The summed E-state index contributed by atoms with van der Waals surface area (Å²) in [5.41, 5.74) is 0.882. The third-order valence-electron chi connectivity index (χ3n) is 5.01. The highest BCUT2D eigenvalue weighted by molar-refractivity contribution is 7.89. The molecule has 0 radical (unpaired) electrons. The van der Waals surface area contributed by atoms with Crippen LogP contribution in [0.3, 0.4) is 0 Å². The fourth-order valence-corrected chi connectivity index (χ4v) is 5.48. The lowest BCUT2D eigenvalue weighted by atomic mass is 10.0. The first kappa shape index (κ1) is 17.4. The van der Waals surface area contributed by atoms with Gasteiger partial charge < -0.3 is 5.32 Å². The van der Waals surface area contributed by atoms with Crippen LogP contribution in [0.1, 0.15) is 32.3 Å². The molecular formula is C17H25N3O3S. The van der Waals surface area contributed by atoms with Crippen molar-refractivity contribution in [2.45, 2.75) is 33.2 Å². The van der Waals surface area contributed by atoms with Crippen LogP contribution in [0.2, 0.25) is 0 Å². The van der Waals surface area contributed by atoms with Crippen molar-refractivity contribution in [1.82, 2.24) is 14.6 Å². The summed E-state index contributed by atoms with van der Waals surface area (Å²) in [4.78, 5) is 16.3. The van der Waals surface area contributed by atoms with E-state index in [-0.39, 0.29) is 28.9 Å². The van der Waals surface area contributed by atoms with E-state index in [4.69, 9.17) is 0 Å². The molecule has 1 saturated heterocycles. The maximum atomic E-state index is 12.4. The number of amides is 1. The Balaban J connectivity index is 1.54. The molecule has 3 rings (SSSR count). The van der Waals surface area contributed by atoms with Gasteiger partial charge in [0.2, 0.25) is 15.9 Å². The van der Waals surface area contributed by atoms with E-state index in [0.717, 1.165) is 18.4 Å². The van der Waals surface area contributed by atoms with Gasteiger partial charge in [-0.15, -0.1) is 0 Å². The minimum atomic E-state index is -3.20. The largest absolute Gasteiger partial charge is 0.352 e. The molecule has 7 heteroatoms. The van der Waals surface area contributed by atoms with Crippen LogP contribution in [0.5, 0.6) is 0 Å². The number of pyridine rings is 1. The van der Waals surface area contributed by atoms with Crippen LogP contribution in [-0.2, 0) is 21.4 Å². The molecule has 1 aromatic heterocycles. The number of rotatable bonds is 6. The normalized spacial score (nSPS) is 26.9. The molecule has 1 saturated carbocycles. The maximum Gasteiger partial charge on any atom is 0.224 e. The summed E-state index contributed by atoms with van der Waals surface area (Å²) in [7, 11) is -3.20. The Morgan fingerprint density at radius 1 is 1.42 bits per heavy atom. The van der Waals surface area contributed by atoms with Gasteiger partial charge in [0.25, 0.3) is 0 Å². The fourth-order valence-electron chi connectivity index (χ4n) is 3.60. The van der Waals surface area contributed by atoms with Crippen molar-refractivity contribution >= 4 is 15.9 Å². The second-order valence-electron chi connectivity index (χ2n) is 7.45. The smallest absolute Gasteiger partial charge is 0.224 e. The van der Waals surface area contributed by atoms with Gasteiger partial charge in [-0.2, -0.15) is 0 Å². The van der Waals surface area contributed by atoms with Crippen molar-refractivity contribution in [3.05, 3.63) is 30.1 Å². The Morgan fingerprint density at radius 3 is 2.79 bits per heavy atom. The third kappa shape index (κ3) is 3.62. The van der Waals surface area contributed by atoms with Crippen molar-refractivity contribution in [3.8, 4) is 0 Å². The van der Waals surface area contributed by atoms with Gasteiger partial charge in [0, 0.05) is 37.9 Å². The van der Waals surface area contributed by atoms with Gasteiger partial charge in [0.05, 0.1) is 5.75 Å². The van der Waals surface area contributed by atoms with E-state index < -0.39 is 10.0 Å². The van der Waals surface area contributed by atoms with E-state index in [1.165, 1.54) is 0 Å². The molecule has 0 aromatic carbocycles. The van der Waals surface area contributed by atoms with E-state index in [9.17, 15) is 13.2 Å². The Bertz CT molecular complexity index is 705. The monoisotopic (exact) mass is 351 g/mol. The fraction of sp³-hybridized carbons (Fsp3) is 0.647.